The number of nitrogens with zero attached hydrogens (tertiary/aromatic N) is 4. The van der Waals surface area contributed by atoms with Crippen LogP contribution in [0.4, 0.5) is 0 Å². The minimum Gasteiger partial charge on any atom is -0.390 e. The molecule has 1 aromatic heterocycles. The molecule has 5 heteroatoms. The Morgan fingerprint density at radius 2 is 2.45 bits per heavy atom. The molecule has 0 aliphatic heterocycles. The maximum absolute atomic E-state index is 8.70. The molecule has 1 aromatic rings. The molecule has 1 heterocycles. The highest BCUT2D eigenvalue weighted by atomic mass is 16.3. The van der Waals surface area contributed by atoms with Crippen LogP contribution in [0.1, 0.15) is 11.4 Å². The molecule has 0 bridgehead atoms. The summed E-state index contributed by atoms with van der Waals surface area (Å²) in [4.78, 5) is 0. The van der Waals surface area contributed by atoms with Crippen LogP contribution < -0.4 is 0 Å². The second-order valence-corrected chi connectivity index (χ2v) is 2.10. The number of rotatable bonds is 2. The lowest BCUT2D eigenvalue weighted by atomic mass is 10.3. The van der Waals surface area contributed by atoms with E-state index < -0.39 is 0 Å². The molecule has 0 aromatic carbocycles. The number of nitriles is 1. The number of aliphatic hydroxyl groups excluding tert-OH is 1. The maximum atomic E-state index is 8.70. The van der Waals surface area contributed by atoms with E-state index in [0.29, 0.717) is 5.69 Å². The van der Waals surface area contributed by atoms with Crippen molar-refractivity contribution < 1.29 is 5.11 Å². The summed E-state index contributed by atoms with van der Waals surface area (Å²) in [7, 11) is 0. The number of aliphatic hydroxyl groups is 1. The molecule has 1 N–H and O–H groups in total. The molecule has 5 nitrogen and oxygen atoms in total. The molecule has 0 atom stereocenters. The fourth-order valence-electron chi connectivity index (χ4n) is 0.760. The van der Waals surface area contributed by atoms with Crippen molar-refractivity contribution in [3.63, 3.8) is 0 Å². The summed E-state index contributed by atoms with van der Waals surface area (Å²) in [6, 6.07) is 1.94. The van der Waals surface area contributed by atoms with Gasteiger partial charge in [-0.15, -0.1) is 5.10 Å². The van der Waals surface area contributed by atoms with Crippen molar-refractivity contribution in [2.75, 3.05) is 0 Å². The van der Waals surface area contributed by atoms with Crippen LogP contribution in [0.2, 0.25) is 0 Å². The van der Waals surface area contributed by atoms with Gasteiger partial charge in [-0.05, 0) is 6.92 Å². The van der Waals surface area contributed by atoms with E-state index in [1.165, 1.54) is 4.68 Å². The second-order valence-electron chi connectivity index (χ2n) is 2.10. The van der Waals surface area contributed by atoms with Crippen molar-refractivity contribution in [1.82, 2.24) is 15.0 Å². The van der Waals surface area contributed by atoms with Gasteiger partial charge < -0.3 is 5.11 Å². The lowest BCUT2D eigenvalue weighted by Crippen LogP contribution is -2.00. The Labute approximate surface area is 63.9 Å². The number of hydrogen-bond acceptors (Lipinski definition) is 4. The van der Waals surface area contributed by atoms with Gasteiger partial charge in [-0.25, -0.2) is 4.68 Å². The van der Waals surface area contributed by atoms with E-state index in [9.17, 15) is 0 Å². The molecule has 0 spiro atoms. The summed E-state index contributed by atoms with van der Waals surface area (Å²) in [5, 5.41) is 24.4. The summed E-state index contributed by atoms with van der Waals surface area (Å²) in [5.74, 6) is 0. The molecule has 0 saturated heterocycles. The van der Waals surface area contributed by atoms with Crippen molar-refractivity contribution in [2.45, 2.75) is 20.1 Å². The molecule has 0 radical (unpaired) electrons. The molecule has 0 fully saturated rings. The quantitative estimate of drug-likeness (QED) is 0.625. The Hall–Kier alpha value is -1.41. The van der Waals surface area contributed by atoms with Gasteiger partial charge >= 0.3 is 0 Å². The molecule has 0 aliphatic carbocycles. The van der Waals surface area contributed by atoms with Gasteiger partial charge in [-0.3, -0.25) is 0 Å². The average molecular weight is 152 g/mol. The third-order valence-corrected chi connectivity index (χ3v) is 1.45. The van der Waals surface area contributed by atoms with Crippen LogP contribution in [-0.2, 0) is 13.2 Å². The molecule has 0 unspecified atom stereocenters. The predicted molar refractivity (Wildman–Crippen MR) is 36.3 cm³/mol. The Morgan fingerprint density at radius 1 is 1.73 bits per heavy atom. The lowest BCUT2D eigenvalue weighted by molar-refractivity contribution is 0.276. The van der Waals surface area contributed by atoms with E-state index in [0.717, 1.165) is 5.69 Å². The largest absolute Gasteiger partial charge is 0.390 e. The van der Waals surface area contributed by atoms with E-state index >= 15 is 0 Å². The van der Waals surface area contributed by atoms with Gasteiger partial charge in [-0.2, -0.15) is 5.26 Å². The highest BCUT2D eigenvalue weighted by Gasteiger charge is 2.05. The van der Waals surface area contributed by atoms with Crippen LogP contribution >= 0.6 is 0 Å². The monoisotopic (exact) mass is 152 g/mol. The highest BCUT2D eigenvalue weighted by Crippen LogP contribution is 2.01. The van der Waals surface area contributed by atoms with E-state index in [1.54, 1.807) is 6.92 Å². The maximum Gasteiger partial charge on any atom is 0.130 e. The van der Waals surface area contributed by atoms with Crippen LogP contribution in [0, 0.1) is 18.3 Å². The molecule has 58 valence electrons. The van der Waals surface area contributed by atoms with Crippen LogP contribution in [-0.4, -0.2) is 20.1 Å². The minimum absolute atomic E-state index is 0.128. The Morgan fingerprint density at radius 3 is 2.91 bits per heavy atom. The van der Waals surface area contributed by atoms with Crippen molar-refractivity contribution in [1.29, 1.82) is 5.26 Å². The first-order chi connectivity index (χ1) is 5.29. The van der Waals surface area contributed by atoms with Gasteiger partial charge in [0.2, 0.25) is 0 Å². The van der Waals surface area contributed by atoms with Gasteiger partial charge in [0.15, 0.2) is 0 Å². The zero-order valence-corrected chi connectivity index (χ0v) is 6.15. The fraction of sp³-hybridized carbons (Fsp3) is 0.500. The first-order valence-electron chi connectivity index (χ1n) is 3.16. The summed E-state index contributed by atoms with van der Waals surface area (Å²) < 4.78 is 1.45. The van der Waals surface area contributed by atoms with Gasteiger partial charge in [0.05, 0.1) is 18.4 Å². The smallest absolute Gasteiger partial charge is 0.130 e. The van der Waals surface area contributed by atoms with Gasteiger partial charge in [0.1, 0.15) is 12.2 Å². The van der Waals surface area contributed by atoms with Crippen LogP contribution in [0.25, 0.3) is 0 Å². The van der Waals surface area contributed by atoms with Crippen molar-refractivity contribution in [3.8, 4) is 6.07 Å². The lowest BCUT2D eigenvalue weighted by Gasteiger charge is -1.94. The van der Waals surface area contributed by atoms with Gasteiger partial charge in [0.25, 0.3) is 0 Å². The predicted octanol–water partition coefficient (Wildman–Crippen LogP) is -0.398. The van der Waals surface area contributed by atoms with E-state index in [2.05, 4.69) is 10.3 Å². The Kier molecular flexibility index (Phi) is 2.18. The summed E-state index contributed by atoms with van der Waals surface area (Å²) in [6.45, 7) is 1.82. The number of hydrogen-bond donors (Lipinski definition) is 1. The zero-order valence-electron chi connectivity index (χ0n) is 6.15. The summed E-state index contributed by atoms with van der Waals surface area (Å²) in [5.41, 5.74) is 1.27. The third-order valence-electron chi connectivity index (χ3n) is 1.45. The van der Waals surface area contributed by atoms with Crippen molar-refractivity contribution >= 4 is 0 Å². The molecular formula is C6H8N4O. The van der Waals surface area contributed by atoms with Crippen LogP contribution in [0.5, 0.6) is 0 Å². The zero-order chi connectivity index (χ0) is 8.27. The van der Waals surface area contributed by atoms with E-state index in [-0.39, 0.29) is 13.2 Å². The second kappa shape index (κ2) is 3.12. The van der Waals surface area contributed by atoms with Gasteiger partial charge in [-0.1, -0.05) is 5.21 Å². The Balaban J connectivity index is 2.93. The first-order valence-corrected chi connectivity index (χ1v) is 3.16. The normalized spacial score (nSPS) is 9.55. The molecule has 0 amide bonds. The first kappa shape index (κ1) is 7.69. The molecular weight excluding hydrogens is 144 g/mol. The minimum atomic E-state index is -0.128. The topological polar surface area (TPSA) is 74.7 Å². The average Bonchev–Trinajstić information content (AvgIpc) is 2.34. The third kappa shape index (κ3) is 1.36. The highest BCUT2D eigenvalue weighted by molar-refractivity contribution is 5.06. The van der Waals surface area contributed by atoms with Gasteiger partial charge in [0, 0.05) is 0 Å². The van der Waals surface area contributed by atoms with Crippen molar-refractivity contribution in [3.05, 3.63) is 11.4 Å². The molecule has 11 heavy (non-hydrogen) atoms. The molecule has 1 rings (SSSR count). The van der Waals surface area contributed by atoms with E-state index in [1.807, 2.05) is 6.07 Å². The Bertz CT molecular complexity index is 285. The van der Waals surface area contributed by atoms with Crippen LogP contribution in [0.3, 0.4) is 0 Å². The molecule has 0 saturated carbocycles. The number of aromatic nitrogens is 3. The fourth-order valence-corrected chi connectivity index (χ4v) is 0.760. The summed E-state index contributed by atoms with van der Waals surface area (Å²) in [6.07, 6.45) is 0. The standard InChI is InChI=1S/C6H8N4O/c1-5-6(4-11)8-9-10(5)3-2-7/h11H,3-4H2,1H3. The van der Waals surface area contributed by atoms with Crippen molar-refractivity contribution in [2.24, 2.45) is 0 Å². The SMILES string of the molecule is Cc1c(CO)nnn1CC#N. The van der Waals surface area contributed by atoms with Crippen LogP contribution in [0.15, 0.2) is 0 Å². The molecule has 0 aliphatic rings. The summed E-state index contributed by atoms with van der Waals surface area (Å²) >= 11 is 0. The van der Waals surface area contributed by atoms with E-state index in [4.69, 9.17) is 10.4 Å².